The smallest absolute Gasteiger partial charge is 0.240 e. The maximum Gasteiger partial charge on any atom is 0.240 e. The first-order chi connectivity index (χ1) is 9.05. The van der Waals surface area contributed by atoms with E-state index in [1.54, 1.807) is 14.0 Å². The van der Waals surface area contributed by atoms with Crippen LogP contribution in [-0.2, 0) is 17.6 Å². The summed E-state index contributed by atoms with van der Waals surface area (Å²) >= 11 is 0. The molecule has 0 radical (unpaired) electrons. The first kappa shape index (κ1) is 13.9. The first-order valence-corrected chi connectivity index (χ1v) is 6.78. The van der Waals surface area contributed by atoms with Gasteiger partial charge in [-0.15, -0.1) is 0 Å². The van der Waals surface area contributed by atoms with Gasteiger partial charge in [0.25, 0.3) is 0 Å². The number of hydrogen-bond donors (Lipinski definition) is 2. The summed E-state index contributed by atoms with van der Waals surface area (Å²) in [5.74, 6) is 0.399. The average molecular weight is 262 g/mol. The number of carbonyl (C=O) groups excluding carboxylic acids is 1. The molecule has 1 aromatic carbocycles. The van der Waals surface area contributed by atoms with Crippen LogP contribution in [0.1, 0.15) is 30.9 Å². The van der Waals surface area contributed by atoms with E-state index in [4.69, 9.17) is 10.5 Å². The van der Waals surface area contributed by atoms with Crippen LogP contribution in [0.4, 0.5) is 0 Å². The number of fused-ring (bicyclic) bond motifs is 1. The van der Waals surface area contributed by atoms with Gasteiger partial charge in [0.05, 0.1) is 0 Å². The minimum absolute atomic E-state index is 0.234. The molecule has 1 aliphatic carbocycles. The standard InChI is InChI=1S/C15H22N2O2/c1-15(17-2,14(16)18)10-19-13-8-7-11-5-3-4-6-12(11)9-13/h7-9,17H,3-6,10H2,1-2H3,(H2,16,18). The number of ether oxygens (including phenoxy) is 1. The molecule has 19 heavy (non-hydrogen) atoms. The van der Waals surface area contributed by atoms with Gasteiger partial charge < -0.3 is 15.8 Å². The molecule has 0 spiro atoms. The fraction of sp³-hybridized carbons (Fsp3) is 0.533. The summed E-state index contributed by atoms with van der Waals surface area (Å²) in [4.78, 5) is 11.4. The van der Waals surface area contributed by atoms with E-state index in [0.717, 1.165) is 18.6 Å². The summed E-state index contributed by atoms with van der Waals surface area (Å²) in [6.07, 6.45) is 4.79. The zero-order valence-corrected chi connectivity index (χ0v) is 11.7. The predicted octanol–water partition coefficient (Wildman–Crippen LogP) is 1.41. The normalized spacial score (nSPS) is 17.4. The fourth-order valence-corrected chi connectivity index (χ4v) is 2.29. The molecular weight excluding hydrogens is 240 g/mol. The van der Waals surface area contributed by atoms with E-state index in [1.165, 1.54) is 24.0 Å². The molecule has 0 bridgehead atoms. The van der Waals surface area contributed by atoms with Crippen LogP contribution in [0.25, 0.3) is 0 Å². The molecule has 0 fully saturated rings. The number of likely N-dealkylation sites (N-methyl/N-ethyl adjacent to an activating group) is 1. The van der Waals surface area contributed by atoms with Gasteiger partial charge in [-0.1, -0.05) is 6.07 Å². The van der Waals surface area contributed by atoms with Gasteiger partial charge >= 0.3 is 0 Å². The van der Waals surface area contributed by atoms with Gasteiger partial charge in [0, 0.05) is 0 Å². The third-order valence-electron chi connectivity index (χ3n) is 3.94. The van der Waals surface area contributed by atoms with Crippen molar-refractivity contribution in [2.45, 2.75) is 38.1 Å². The summed E-state index contributed by atoms with van der Waals surface area (Å²) < 4.78 is 5.73. The molecule has 1 aromatic rings. The van der Waals surface area contributed by atoms with Crippen LogP contribution in [0.3, 0.4) is 0 Å². The summed E-state index contributed by atoms with van der Waals surface area (Å²) in [5.41, 5.74) is 7.33. The quantitative estimate of drug-likeness (QED) is 0.843. The second-order valence-corrected chi connectivity index (χ2v) is 5.37. The molecule has 2 rings (SSSR count). The van der Waals surface area contributed by atoms with Crippen molar-refractivity contribution in [1.82, 2.24) is 5.32 Å². The van der Waals surface area contributed by atoms with Gasteiger partial charge in [0.1, 0.15) is 17.9 Å². The Labute approximate surface area is 114 Å². The number of amides is 1. The molecular formula is C15H22N2O2. The van der Waals surface area contributed by atoms with Crippen molar-refractivity contribution in [2.24, 2.45) is 5.73 Å². The van der Waals surface area contributed by atoms with Crippen molar-refractivity contribution in [1.29, 1.82) is 0 Å². The lowest BCUT2D eigenvalue weighted by Gasteiger charge is -2.26. The molecule has 0 aromatic heterocycles. The predicted molar refractivity (Wildman–Crippen MR) is 75.2 cm³/mol. The molecule has 1 atom stereocenters. The minimum Gasteiger partial charge on any atom is -0.491 e. The lowest BCUT2D eigenvalue weighted by molar-refractivity contribution is -0.124. The largest absolute Gasteiger partial charge is 0.491 e. The lowest BCUT2D eigenvalue weighted by atomic mass is 9.92. The zero-order valence-electron chi connectivity index (χ0n) is 11.7. The second kappa shape index (κ2) is 5.61. The Bertz CT molecular complexity index is 473. The van der Waals surface area contributed by atoms with Gasteiger partial charge in [0.2, 0.25) is 5.91 Å². The number of aryl methyl sites for hydroxylation is 2. The Hall–Kier alpha value is -1.55. The van der Waals surface area contributed by atoms with Crippen molar-refractivity contribution >= 4 is 5.91 Å². The molecule has 104 valence electrons. The minimum atomic E-state index is -0.837. The molecule has 0 saturated carbocycles. The maximum absolute atomic E-state index is 11.4. The summed E-state index contributed by atoms with van der Waals surface area (Å²) in [7, 11) is 1.71. The Morgan fingerprint density at radius 1 is 1.37 bits per heavy atom. The number of rotatable bonds is 5. The number of nitrogens with two attached hydrogens (primary N) is 1. The molecule has 4 nitrogen and oxygen atoms in total. The lowest BCUT2D eigenvalue weighted by Crippen LogP contribution is -2.55. The highest BCUT2D eigenvalue weighted by molar-refractivity contribution is 5.84. The van der Waals surface area contributed by atoms with Gasteiger partial charge in [-0.2, -0.15) is 0 Å². The van der Waals surface area contributed by atoms with Crippen LogP contribution < -0.4 is 15.8 Å². The van der Waals surface area contributed by atoms with Crippen LogP contribution in [0.2, 0.25) is 0 Å². The van der Waals surface area contributed by atoms with Crippen molar-refractivity contribution in [2.75, 3.05) is 13.7 Å². The number of nitrogens with one attached hydrogen (secondary N) is 1. The number of carbonyl (C=O) groups is 1. The highest BCUT2D eigenvalue weighted by atomic mass is 16.5. The van der Waals surface area contributed by atoms with Crippen molar-refractivity contribution in [3.8, 4) is 5.75 Å². The molecule has 4 heteroatoms. The monoisotopic (exact) mass is 262 g/mol. The van der Waals surface area contributed by atoms with E-state index >= 15 is 0 Å². The topological polar surface area (TPSA) is 64.3 Å². The highest BCUT2D eigenvalue weighted by Crippen LogP contribution is 2.25. The number of primary amides is 1. The van der Waals surface area contributed by atoms with Crippen LogP contribution in [-0.4, -0.2) is 25.1 Å². The summed E-state index contributed by atoms with van der Waals surface area (Å²) in [6.45, 7) is 1.98. The Morgan fingerprint density at radius 3 is 2.68 bits per heavy atom. The average Bonchev–Trinajstić information content (AvgIpc) is 2.44. The molecule has 0 heterocycles. The maximum atomic E-state index is 11.4. The van der Waals surface area contributed by atoms with E-state index in [0.29, 0.717) is 0 Å². The van der Waals surface area contributed by atoms with Gasteiger partial charge in [0.15, 0.2) is 0 Å². The van der Waals surface area contributed by atoms with Crippen LogP contribution in [0.5, 0.6) is 5.75 Å². The Kier molecular flexibility index (Phi) is 4.10. The highest BCUT2D eigenvalue weighted by Gasteiger charge is 2.30. The van der Waals surface area contributed by atoms with Gasteiger partial charge in [-0.3, -0.25) is 4.79 Å². The van der Waals surface area contributed by atoms with Crippen LogP contribution in [0.15, 0.2) is 18.2 Å². The molecule has 0 saturated heterocycles. The van der Waals surface area contributed by atoms with Gasteiger partial charge in [-0.25, -0.2) is 0 Å². The van der Waals surface area contributed by atoms with Crippen molar-refractivity contribution in [3.63, 3.8) is 0 Å². The van der Waals surface area contributed by atoms with Gasteiger partial charge in [-0.05, 0) is 62.9 Å². The number of benzene rings is 1. The summed E-state index contributed by atoms with van der Waals surface area (Å²) in [6, 6.07) is 6.19. The Balaban J connectivity index is 2.05. The first-order valence-electron chi connectivity index (χ1n) is 6.78. The third kappa shape index (κ3) is 3.07. The third-order valence-corrected chi connectivity index (χ3v) is 3.94. The van der Waals surface area contributed by atoms with Crippen molar-refractivity contribution < 1.29 is 9.53 Å². The molecule has 0 aliphatic heterocycles. The van der Waals surface area contributed by atoms with E-state index in [-0.39, 0.29) is 6.61 Å². The van der Waals surface area contributed by atoms with E-state index in [1.807, 2.05) is 6.07 Å². The zero-order chi connectivity index (χ0) is 13.9. The second-order valence-electron chi connectivity index (χ2n) is 5.37. The Morgan fingerprint density at radius 2 is 2.05 bits per heavy atom. The van der Waals surface area contributed by atoms with E-state index in [9.17, 15) is 4.79 Å². The molecule has 1 aliphatic rings. The van der Waals surface area contributed by atoms with E-state index < -0.39 is 11.4 Å². The van der Waals surface area contributed by atoms with Crippen LogP contribution in [0, 0.1) is 0 Å². The number of hydrogen-bond acceptors (Lipinski definition) is 3. The molecule has 1 unspecified atom stereocenters. The molecule has 3 N–H and O–H groups in total. The summed E-state index contributed by atoms with van der Waals surface area (Å²) in [5, 5.41) is 2.91. The SMILES string of the molecule is CNC(C)(COc1ccc2c(c1)CCCC2)C(N)=O. The fourth-order valence-electron chi connectivity index (χ4n) is 2.29. The van der Waals surface area contributed by atoms with E-state index in [2.05, 4.69) is 17.4 Å². The van der Waals surface area contributed by atoms with Crippen molar-refractivity contribution in [3.05, 3.63) is 29.3 Å². The molecule has 1 amide bonds. The van der Waals surface area contributed by atoms with Crippen LogP contribution >= 0.6 is 0 Å².